The van der Waals surface area contributed by atoms with Crippen LogP contribution in [0.15, 0.2) is 65.7 Å². The van der Waals surface area contributed by atoms with Crippen molar-refractivity contribution in [3.8, 4) is 5.75 Å². The van der Waals surface area contributed by atoms with Gasteiger partial charge in [-0.1, -0.05) is 37.3 Å². The number of aromatic nitrogens is 1. The van der Waals surface area contributed by atoms with Crippen LogP contribution < -0.4 is 9.46 Å². The summed E-state index contributed by atoms with van der Waals surface area (Å²) in [6.45, 7) is 2.76. The van der Waals surface area contributed by atoms with Gasteiger partial charge in [0.25, 0.3) is 0 Å². The topological polar surface area (TPSA) is 68.3 Å². The summed E-state index contributed by atoms with van der Waals surface area (Å²) in [5, 5.41) is 1.02. The van der Waals surface area contributed by atoms with E-state index in [9.17, 15) is 8.42 Å². The number of aryl methyl sites for hydroxylation is 1. The smallest absolute Gasteiger partial charge is 0.240 e. The van der Waals surface area contributed by atoms with Crippen molar-refractivity contribution in [1.82, 2.24) is 9.71 Å². The molecule has 2 aromatic carbocycles. The van der Waals surface area contributed by atoms with Crippen LogP contribution >= 0.6 is 0 Å². The molecule has 0 saturated heterocycles. The SMILES string of the molecule is CCc1ccc(S(=O)(=O)NCCCOc2cccc3cccnc23)cc1. The molecule has 0 aliphatic rings. The molecule has 0 unspecified atom stereocenters. The highest BCUT2D eigenvalue weighted by molar-refractivity contribution is 7.89. The fourth-order valence-electron chi connectivity index (χ4n) is 2.64. The zero-order chi connectivity index (χ0) is 18.4. The Labute approximate surface area is 154 Å². The predicted molar refractivity (Wildman–Crippen MR) is 103 cm³/mol. The number of sulfonamides is 1. The molecule has 1 heterocycles. The van der Waals surface area contributed by atoms with Crippen LogP contribution in [0, 0.1) is 0 Å². The van der Waals surface area contributed by atoms with Crippen molar-refractivity contribution in [3.05, 3.63) is 66.4 Å². The molecule has 0 spiro atoms. The van der Waals surface area contributed by atoms with Gasteiger partial charge in [-0.25, -0.2) is 13.1 Å². The molecule has 5 nitrogen and oxygen atoms in total. The van der Waals surface area contributed by atoms with Crippen molar-refractivity contribution < 1.29 is 13.2 Å². The first-order chi connectivity index (χ1) is 12.6. The molecule has 136 valence electrons. The number of pyridine rings is 1. The minimum absolute atomic E-state index is 0.286. The van der Waals surface area contributed by atoms with Gasteiger partial charge in [0.05, 0.1) is 11.5 Å². The summed E-state index contributed by atoms with van der Waals surface area (Å²) in [6, 6.07) is 16.6. The summed E-state index contributed by atoms with van der Waals surface area (Å²) < 4.78 is 32.9. The Bertz CT molecular complexity index is 965. The molecular formula is C20H22N2O3S. The second-order valence-electron chi connectivity index (χ2n) is 5.93. The van der Waals surface area contributed by atoms with E-state index in [0.717, 1.165) is 22.9 Å². The number of fused-ring (bicyclic) bond motifs is 1. The molecule has 0 amide bonds. The molecule has 0 radical (unpaired) electrons. The second kappa shape index (κ2) is 8.29. The van der Waals surface area contributed by atoms with Gasteiger partial charge in [-0.15, -0.1) is 0 Å². The maximum absolute atomic E-state index is 12.3. The summed E-state index contributed by atoms with van der Waals surface area (Å²) in [7, 11) is -3.48. The van der Waals surface area contributed by atoms with Crippen molar-refractivity contribution in [1.29, 1.82) is 0 Å². The standard InChI is InChI=1S/C20H22N2O3S/c1-2-16-9-11-18(12-10-16)26(23,24)22-14-5-15-25-19-8-3-6-17-7-4-13-21-20(17)19/h3-4,6-13,22H,2,5,14-15H2,1H3. The summed E-state index contributed by atoms with van der Waals surface area (Å²) in [6.07, 6.45) is 3.18. The van der Waals surface area contributed by atoms with E-state index in [2.05, 4.69) is 9.71 Å². The van der Waals surface area contributed by atoms with Gasteiger partial charge in [0.1, 0.15) is 11.3 Å². The molecule has 6 heteroatoms. The van der Waals surface area contributed by atoms with E-state index in [1.165, 1.54) is 0 Å². The van der Waals surface area contributed by atoms with Gasteiger partial charge in [-0.05, 0) is 42.7 Å². The molecule has 0 aliphatic carbocycles. The van der Waals surface area contributed by atoms with Crippen molar-refractivity contribution in [2.45, 2.75) is 24.7 Å². The van der Waals surface area contributed by atoms with Crippen LogP contribution in [0.2, 0.25) is 0 Å². The first-order valence-electron chi connectivity index (χ1n) is 8.65. The highest BCUT2D eigenvalue weighted by Gasteiger charge is 2.12. The Morgan fingerprint density at radius 2 is 1.81 bits per heavy atom. The summed E-state index contributed by atoms with van der Waals surface area (Å²) >= 11 is 0. The zero-order valence-corrected chi connectivity index (χ0v) is 15.5. The number of hydrogen-bond acceptors (Lipinski definition) is 4. The fourth-order valence-corrected chi connectivity index (χ4v) is 3.72. The quantitative estimate of drug-likeness (QED) is 0.616. The van der Waals surface area contributed by atoms with Gasteiger partial charge < -0.3 is 4.74 Å². The zero-order valence-electron chi connectivity index (χ0n) is 14.7. The molecule has 0 fully saturated rings. The van der Waals surface area contributed by atoms with Crippen LogP contribution in [0.25, 0.3) is 10.9 Å². The van der Waals surface area contributed by atoms with Gasteiger partial charge in [-0.3, -0.25) is 4.98 Å². The van der Waals surface area contributed by atoms with Crippen molar-refractivity contribution in [2.24, 2.45) is 0 Å². The highest BCUT2D eigenvalue weighted by atomic mass is 32.2. The van der Waals surface area contributed by atoms with Crippen LogP contribution in [0.3, 0.4) is 0 Å². The maximum Gasteiger partial charge on any atom is 0.240 e. The Kier molecular flexibility index (Phi) is 5.85. The summed E-state index contributed by atoms with van der Waals surface area (Å²) in [5.74, 6) is 0.709. The first-order valence-corrected chi connectivity index (χ1v) is 10.1. The van der Waals surface area contributed by atoms with E-state index in [1.54, 1.807) is 18.3 Å². The Morgan fingerprint density at radius 1 is 1.04 bits per heavy atom. The van der Waals surface area contributed by atoms with Gasteiger partial charge in [-0.2, -0.15) is 0 Å². The number of ether oxygens (including phenoxy) is 1. The number of benzene rings is 2. The molecule has 0 aliphatic heterocycles. The monoisotopic (exact) mass is 370 g/mol. The third-order valence-electron chi connectivity index (χ3n) is 4.11. The lowest BCUT2D eigenvalue weighted by Crippen LogP contribution is -2.25. The molecular weight excluding hydrogens is 348 g/mol. The molecule has 26 heavy (non-hydrogen) atoms. The number of rotatable bonds is 8. The normalized spacial score (nSPS) is 11.6. The van der Waals surface area contributed by atoms with Crippen LogP contribution in [0.5, 0.6) is 5.75 Å². The Morgan fingerprint density at radius 3 is 2.58 bits per heavy atom. The van der Waals surface area contributed by atoms with Gasteiger partial charge in [0, 0.05) is 18.1 Å². The van der Waals surface area contributed by atoms with Crippen LogP contribution in [-0.4, -0.2) is 26.6 Å². The third kappa shape index (κ3) is 4.39. The Hall–Kier alpha value is -2.44. The molecule has 0 bridgehead atoms. The van der Waals surface area contributed by atoms with Crippen LogP contribution in [0.4, 0.5) is 0 Å². The average Bonchev–Trinajstić information content (AvgIpc) is 2.68. The number of hydrogen-bond donors (Lipinski definition) is 1. The number of nitrogens with zero attached hydrogens (tertiary/aromatic N) is 1. The summed E-state index contributed by atoms with van der Waals surface area (Å²) in [4.78, 5) is 4.62. The number of para-hydroxylation sites is 1. The number of nitrogens with one attached hydrogen (secondary N) is 1. The molecule has 3 rings (SSSR count). The summed E-state index contributed by atoms with van der Waals surface area (Å²) in [5.41, 5.74) is 1.92. The van der Waals surface area contributed by atoms with Gasteiger partial charge >= 0.3 is 0 Å². The largest absolute Gasteiger partial charge is 0.491 e. The molecule has 0 atom stereocenters. The van der Waals surface area contributed by atoms with Gasteiger partial charge in [0.15, 0.2) is 0 Å². The van der Waals surface area contributed by atoms with E-state index in [0.29, 0.717) is 25.3 Å². The minimum atomic E-state index is -3.48. The lowest BCUT2D eigenvalue weighted by atomic mass is 10.2. The average molecular weight is 370 g/mol. The predicted octanol–water partition coefficient (Wildman–Crippen LogP) is 3.54. The molecule has 0 saturated carbocycles. The lowest BCUT2D eigenvalue weighted by Gasteiger charge is -2.10. The first kappa shape index (κ1) is 18.4. The van der Waals surface area contributed by atoms with Crippen molar-refractivity contribution >= 4 is 20.9 Å². The van der Waals surface area contributed by atoms with Gasteiger partial charge in [0.2, 0.25) is 10.0 Å². The minimum Gasteiger partial charge on any atom is -0.491 e. The van der Waals surface area contributed by atoms with E-state index in [1.807, 2.05) is 49.4 Å². The van der Waals surface area contributed by atoms with E-state index in [4.69, 9.17) is 4.74 Å². The molecule has 1 aromatic heterocycles. The maximum atomic E-state index is 12.3. The highest BCUT2D eigenvalue weighted by Crippen LogP contribution is 2.22. The Balaban J connectivity index is 1.52. The fraction of sp³-hybridized carbons (Fsp3) is 0.250. The second-order valence-corrected chi connectivity index (χ2v) is 7.70. The van der Waals surface area contributed by atoms with Crippen LogP contribution in [0.1, 0.15) is 18.9 Å². The third-order valence-corrected chi connectivity index (χ3v) is 5.59. The van der Waals surface area contributed by atoms with Crippen molar-refractivity contribution in [3.63, 3.8) is 0 Å². The van der Waals surface area contributed by atoms with Crippen LogP contribution in [-0.2, 0) is 16.4 Å². The van der Waals surface area contributed by atoms with E-state index in [-0.39, 0.29) is 4.90 Å². The van der Waals surface area contributed by atoms with E-state index < -0.39 is 10.0 Å². The van der Waals surface area contributed by atoms with E-state index >= 15 is 0 Å². The van der Waals surface area contributed by atoms with Crippen molar-refractivity contribution in [2.75, 3.05) is 13.2 Å². The molecule has 1 N–H and O–H groups in total. The molecule has 3 aromatic rings. The lowest BCUT2D eigenvalue weighted by molar-refractivity contribution is 0.314.